The molecule has 1 aromatic carbocycles. The van der Waals surface area contributed by atoms with Gasteiger partial charge in [-0.2, -0.15) is 11.8 Å². The largest absolute Gasteiger partial charge is 0.370 e. The molecular weight excluding hydrogens is 348 g/mol. The molecule has 0 unspecified atom stereocenters. The summed E-state index contributed by atoms with van der Waals surface area (Å²) in [6, 6.07) is 7.95. The highest BCUT2D eigenvalue weighted by Crippen LogP contribution is 2.25. The topological polar surface area (TPSA) is 71.3 Å². The van der Waals surface area contributed by atoms with Crippen molar-refractivity contribution in [2.24, 2.45) is 0 Å². The number of amides is 1. The minimum Gasteiger partial charge on any atom is -0.370 e. The molecule has 4 rings (SSSR count). The number of hydrogen-bond acceptors (Lipinski definition) is 6. The van der Waals surface area contributed by atoms with Gasteiger partial charge in [0.25, 0.3) is 11.6 Å². The number of hydrogen-bond donors (Lipinski definition) is 1. The Balaban J connectivity index is 1.53. The quantitative estimate of drug-likeness (QED) is 0.761. The molecule has 1 fully saturated rings. The number of anilines is 2. The number of thioether (sulfide) groups is 1. The fourth-order valence-electron chi connectivity index (χ4n) is 3.07. The van der Waals surface area contributed by atoms with E-state index in [4.69, 9.17) is 4.52 Å². The summed E-state index contributed by atoms with van der Waals surface area (Å²) in [5.41, 5.74) is 4.72. The van der Waals surface area contributed by atoms with E-state index in [0.29, 0.717) is 11.3 Å². The summed E-state index contributed by atoms with van der Waals surface area (Å²) in [6.45, 7) is 5.99. The van der Waals surface area contributed by atoms with Gasteiger partial charge in [0.2, 0.25) is 0 Å². The summed E-state index contributed by atoms with van der Waals surface area (Å²) < 4.78 is 5.09. The van der Waals surface area contributed by atoms with Crippen molar-refractivity contribution in [2.45, 2.75) is 13.8 Å². The highest BCUT2D eigenvalue weighted by atomic mass is 32.2. The Labute approximate surface area is 155 Å². The van der Waals surface area contributed by atoms with Gasteiger partial charge in [-0.3, -0.25) is 4.79 Å². The normalized spacial score (nSPS) is 14.6. The first kappa shape index (κ1) is 16.9. The molecule has 0 saturated carbocycles. The van der Waals surface area contributed by atoms with Gasteiger partial charge in [-0.15, -0.1) is 0 Å². The van der Waals surface area contributed by atoms with Crippen LogP contribution in [-0.4, -0.2) is 40.6 Å². The summed E-state index contributed by atoms with van der Waals surface area (Å²) in [4.78, 5) is 19.2. The second kappa shape index (κ2) is 6.99. The number of carbonyl (C=O) groups is 1. The van der Waals surface area contributed by atoms with Gasteiger partial charge >= 0.3 is 0 Å². The van der Waals surface area contributed by atoms with Crippen LogP contribution in [0.3, 0.4) is 0 Å². The van der Waals surface area contributed by atoms with E-state index in [2.05, 4.69) is 32.5 Å². The van der Waals surface area contributed by atoms with Crippen molar-refractivity contribution in [3.8, 4) is 0 Å². The molecular formula is C19H20N4O2S. The van der Waals surface area contributed by atoms with Gasteiger partial charge in [-0.25, -0.2) is 4.98 Å². The Morgan fingerprint density at radius 3 is 2.81 bits per heavy atom. The summed E-state index contributed by atoms with van der Waals surface area (Å²) in [6.07, 6.45) is 1.51. The molecule has 3 heterocycles. The molecule has 1 saturated heterocycles. The third-order valence-electron chi connectivity index (χ3n) is 4.61. The first-order valence-electron chi connectivity index (χ1n) is 8.58. The van der Waals surface area contributed by atoms with Crippen LogP contribution in [0.15, 0.2) is 35.0 Å². The van der Waals surface area contributed by atoms with Gasteiger partial charge in [0.05, 0.1) is 16.6 Å². The second-order valence-corrected chi connectivity index (χ2v) is 7.62. The number of aryl methyl sites for hydroxylation is 2. The van der Waals surface area contributed by atoms with Gasteiger partial charge in [0.1, 0.15) is 0 Å². The van der Waals surface area contributed by atoms with Gasteiger partial charge in [-0.05, 0) is 43.7 Å². The molecule has 3 aromatic rings. The fourth-order valence-corrected chi connectivity index (χ4v) is 3.97. The van der Waals surface area contributed by atoms with E-state index in [1.807, 2.05) is 31.7 Å². The van der Waals surface area contributed by atoms with Crippen molar-refractivity contribution in [3.05, 3.63) is 47.3 Å². The summed E-state index contributed by atoms with van der Waals surface area (Å²) in [5, 5.41) is 7.61. The number of nitrogens with one attached hydrogen (secondary N) is 1. The Bertz CT molecular complexity index is 963. The first-order valence-corrected chi connectivity index (χ1v) is 9.74. The third-order valence-corrected chi connectivity index (χ3v) is 5.55. The van der Waals surface area contributed by atoms with Crippen LogP contribution in [0.4, 0.5) is 11.4 Å². The number of fused-ring (bicyclic) bond motifs is 1. The lowest BCUT2D eigenvalue weighted by Crippen LogP contribution is -2.32. The lowest BCUT2D eigenvalue weighted by atomic mass is 10.1. The predicted molar refractivity (Wildman–Crippen MR) is 105 cm³/mol. The first-order chi connectivity index (χ1) is 12.6. The van der Waals surface area contributed by atoms with Crippen LogP contribution in [0, 0.1) is 13.8 Å². The average Bonchev–Trinajstić information content (AvgIpc) is 3.04. The smallest absolute Gasteiger partial charge is 0.257 e. The Morgan fingerprint density at radius 2 is 2.04 bits per heavy atom. The summed E-state index contributed by atoms with van der Waals surface area (Å²) in [5.74, 6) is 2.13. The molecule has 1 N–H and O–H groups in total. The third kappa shape index (κ3) is 3.26. The minimum atomic E-state index is -0.190. The van der Waals surface area contributed by atoms with Gasteiger partial charge in [0, 0.05) is 42.2 Å². The summed E-state index contributed by atoms with van der Waals surface area (Å²) in [7, 11) is 0. The zero-order valence-electron chi connectivity index (χ0n) is 14.8. The molecule has 2 aromatic heterocycles. The van der Waals surface area contributed by atoms with Crippen molar-refractivity contribution in [3.63, 3.8) is 0 Å². The van der Waals surface area contributed by atoms with E-state index in [9.17, 15) is 4.79 Å². The molecule has 134 valence electrons. The van der Waals surface area contributed by atoms with E-state index >= 15 is 0 Å². The predicted octanol–water partition coefficient (Wildman–Crippen LogP) is 3.65. The monoisotopic (exact) mass is 368 g/mol. The highest BCUT2D eigenvalue weighted by molar-refractivity contribution is 7.99. The maximum absolute atomic E-state index is 12.6. The number of aromatic nitrogens is 2. The Hall–Kier alpha value is -2.54. The van der Waals surface area contributed by atoms with Crippen LogP contribution in [0.2, 0.25) is 0 Å². The van der Waals surface area contributed by atoms with E-state index in [0.717, 1.165) is 46.9 Å². The molecule has 26 heavy (non-hydrogen) atoms. The molecule has 6 nitrogen and oxygen atoms in total. The molecule has 7 heteroatoms. The van der Waals surface area contributed by atoms with Crippen LogP contribution < -0.4 is 10.2 Å². The molecule has 1 amide bonds. The number of pyridine rings is 1. The molecule has 0 radical (unpaired) electrons. The van der Waals surface area contributed by atoms with Crippen molar-refractivity contribution >= 4 is 40.1 Å². The number of benzene rings is 1. The molecule has 0 spiro atoms. The number of carbonyl (C=O) groups excluding carboxylic acids is 1. The number of nitrogens with zero attached hydrogens (tertiary/aromatic N) is 3. The van der Waals surface area contributed by atoms with E-state index in [-0.39, 0.29) is 5.91 Å². The van der Waals surface area contributed by atoms with E-state index in [1.165, 1.54) is 11.9 Å². The van der Waals surface area contributed by atoms with Crippen LogP contribution >= 0.6 is 11.8 Å². The van der Waals surface area contributed by atoms with Crippen molar-refractivity contribution < 1.29 is 9.32 Å². The van der Waals surface area contributed by atoms with E-state index in [1.54, 1.807) is 6.07 Å². The van der Waals surface area contributed by atoms with Crippen LogP contribution in [0.5, 0.6) is 0 Å². The Kier molecular flexibility index (Phi) is 4.55. The lowest BCUT2D eigenvalue weighted by molar-refractivity contribution is 0.102. The van der Waals surface area contributed by atoms with Crippen LogP contribution in [0.1, 0.15) is 21.6 Å². The average molecular weight is 368 g/mol. The van der Waals surface area contributed by atoms with E-state index < -0.39 is 0 Å². The highest BCUT2D eigenvalue weighted by Gasteiger charge is 2.15. The lowest BCUT2D eigenvalue weighted by Gasteiger charge is -2.29. The molecule has 0 aliphatic carbocycles. The summed E-state index contributed by atoms with van der Waals surface area (Å²) >= 11 is 1.99. The van der Waals surface area contributed by atoms with Crippen LogP contribution in [-0.2, 0) is 0 Å². The maximum Gasteiger partial charge on any atom is 0.257 e. The second-order valence-electron chi connectivity index (χ2n) is 6.40. The molecule has 1 aliphatic heterocycles. The number of rotatable bonds is 3. The van der Waals surface area contributed by atoms with Gasteiger partial charge in [-0.1, -0.05) is 5.16 Å². The minimum absolute atomic E-state index is 0.190. The zero-order chi connectivity index (χ0) is 18.1. The van der Waals surface area contributed by atoms with Gasteiger partial charge < -0.3 is 14.7 Å². The fraction of sp³-hybridized carbons (Fsp3) is 0.316. The Morgan fingerprint density at radius 1 is 1.23 bits per heavy atom. The van der Waals surface area contributed by atoms with Gasteiger partial charge in [0.15, 0.2) is 0 Å². The van der Waals surface area contributed by atoms with Crippen molar-refractivity contribution in [1.82, 2.24) is 10.1 Å². The van der Waals surface area contributed by atoms with Crippen molar-refractivity contribution in [1.29, 1.82) is 0 Å². The molecule has 0 bridgehead atoms. The standard InChI is InChI=1S/C19H20N4O2S/c1-12-9-15(23-5-7-26-8-6-23)3-4-17(12)21-18(24)14-10-16-13(2)22-25-19(16)20-11-14/h3-4,9-11H,5-8H2,1-2H3,(H,21,24). The maximum atomic E-state index is 12.6. The van der Waals surface area contributed by atoms with Crippen molar-refractivity contribution in [2.75, 3.05) is 34.8 Å². The SMILES string of the molecule is Cc1cc(N2CCSCC2)ccc1NC(=O)c1cnc2onc(C)c2c1. The zero-order valence-corrected chi connectivity index (χ0v) is 15.6. The molecule has 1 aliphatic rings. The van der Waals surface area contributed by atoms with Crippen LogP contribution in [0.25, 0.3) is 11.1 Å². The molecule has 0 atom stereocenters.